The topological polar surface area (TPSA) is 51.2 Å². The maximum Gasteiger partial charge on any atom is 0.224 e. The summed E-state index contributed by atoms with van der Waals surface area (Å²) in [7, 11) is 0. The molecule has 0 bridgehead atoms. The van der Waals surface area contributed by atoms with Gasteiger partial charge >= 0.3 is 0 Å². The molecule has 0 saturated carbocycles. The van der Waals surface area contributed by atoms with Crippen LogP contribution in [0.5, 0.6) is 0 Å². The molecule has 0 aliphatic rings. The van der Waals surface area contributed by atoms with Crippen molar-refractivity contribution in [2.75, 3.05) is 0 Å². The van der Waals surface area contributed by atoms with Crippen LogP contribution in [0.1, 0.15) is 25.7 Å². The van der Waals surface area contributed by atoms with Crippen molar-refractivity contribution in [1.82, 2.24) is 0 Å². The van der Waals surface area contributed by atoms with E-state index in [-0.39, 0.29) is 25.7 Å². The number of rotatable bonds is 7. The van der Waals surface area contributed by atoms with Crippen molar-refractivity contribution in [1.29, 1.82) is 0 Å². The molecule has 80 valence electrons. The molecule has 0 spiro atoms. The SMILES string of the molecule is O=C(Cl)CCC(CCC(=O)Cl)C(=O)Cl. The summed E-state index contributed by atoms with van der Waals surface area (Å²) >= 11 is 15.5. The van der Waals surface area contributed by atoms with Gasteiger partial charge in [-0.05, 0) is 47.6 Å². The van der Waals surface area contributed by atoms with E-state index in [0.29, 0.717) is 0 Å². The molecule has 0 aromatic heterocycles. The molecule has 0 aromatic rings. The predicted octanol–water partition coefficient (Wildman–Crippen LogP) is 2.46. The summed E-state index contributed by atoms with van der Waals surface area (Å²) < 4.78 is 0. The van der Waals surface area contributed by atoms with E-state index in [4.69, 9.17) is 34.8 Å². The average Bonchev–Trinajstić information content (AvgIpc) is 2.02. The first-order valence-electron chi connectivity index (χ1n) is 3.99. The predicted molar refractivity (Wildman–Crippen MR) is 54.5 cm³/mol. The van der Waals surface area contributed by atoms with Crippen LogP contribution in [0.15, 0.2) is 0 Å². The molecule has 0 atom stereocenters. The normalized spacial score (nSPS) is 10.3. The fraction of sp³-hybridized carbons (Fsp3) is 0.625. The lowest BCUT2D eigenvalue weighted by molar-refractivity contribution is -0.116. The van der Waals surface area contributed by atoms with Gasteiger partial charge in [-0.2, -0.15) is 0 Å². The molecule has 0 heterocycles. The highest BCUT2D eigenvalue weighted by molar-refractivity contribution is 6.65. The Balaban J connectivity index is 3.96. The van der Waals surface area contributed by atoms with E-state index in [1.165, 1.54) is 0 Å². The third-order valence-electron chi connectivity index (χ3n) is 1.70. The Morgan fingerprint density at radius 3 is 1.43 bits per heavy atom. The Morgan fingerprint density at radius 2 is 1.21 bits per heavy atom. The minimum atomic E-state index is -0.569. The van der Waals surface area contributed by atoms with Gasteiger partial charge in [-0.3, -0.25) is 14.4 Å². The van der Waals surface area contributed by atoms with Crippen LogP contribution in [0, 0.1) is 5.92 Å². The molecule has 0 rings (SSSR count). The highest BCUT2D eigenvalue weighted by atomic mass is 35.5. The number of hydrogen-bond donors (Lipinski definition) is 0. The Labute approximate surface area is 96.7 Å². The van der Waals surface area contributed by atoms with Gasteiger partial charge in [0.05, 0.1) is 0 Å². The van der Waals surface area contributed by atoms with E-state index in [1.807, 2.05) is 0 Å². The minimum absolute atomic E-state index is 0.0706. The third-order valence-corrected chi connectivity index (χ3v) is 2.39. The minimum Gasteiger partial charge on any atom is -0.281 e. The molecule has 0 aliphatic carbocycles. The summed E-state index contributed by atoms with van der Waals surface area (Å²) in [6, 6.07) is 0. The van der Waals surface area contributed by atoms with Gasteiger partial charge < -0.3 is 0 Å². The van der Waals surface area contributed by atoms with Gasteiger partial charge in [-0.25, -0.2) is 0 Å². The molecule has 0 radical (unpaired) electrons. The monoisotopic (exact) mass is 258 g/mol. The van der Waals surface area contributed by atoms with E-state index >= 15 is 0 Å². The standard InChI is InChI=1S/C8H9Cl3O3/c9-6(12)3-1-5(8(11)14)2-4-7(10)13/h5H,1-4H2. The zero-order valence-electron chi connectivity index (χ0n) is 7.26. The third kappa shape index (κ3) is 7.30. The van der Waals surface area contributed by atoms with Crippen LogP contribution in [0.3, 0.4) is 0 Å². The fourth-order valence-electron chi connectivity index (χ4n) is 0.947. The number of carbonyl (C=O) groups is 3. The summed E-state index contributed by atoms with van der Waals surface area (Å²) in [6.07, 6.45) is 0.659. The van der Waals surface area contributed by atoms with Crippen molar-refractivity contribution in [3.8, 4) is 0 Å². The van der Waals surface area contributed by atoms with E-state index in [2.05, 4.69) is 0 Å². The summed E-state index contributed by atoms with van der Waals surface area (Å²) in [5.74, 6) is -0.526. The molecule has 3 nitrogen and oxygen atoms in total. The van der Waals surface area contributed by atoms with Gasteiger partial charge in [0.2, 0.25) is 15.7 Å². The fourth-order valence-corrected chi connectivity index (χ4v) is 1.38. The summed E-state index contributed by atoms with van der Waals surface area (Å²) in [5.41, 5.74) is 0. The molecular weight excluding hydrogens is 250 g/mol. The lowest BCUT2D eigenvalue weighted by Gasteiger charge is -2.08. The second-order valence-corrected chi connectivity index (χ2v) is 4.00. The summed E-state index contributed by atoms with van der Waals surface area (Å²) in [5, 5.41) is -1.61. The van der Waals surface area contributed by atoms with Gasteiger partial charge in [0.25, 0.3) is 0 Å². The van der Waals surface area contributed by atoms with Gasteiger partial charge in [0.1, 0.15) is 0 Å². The maximum atomic E-state index is 10.8. The Hall–Kier alpha value is -0.120. The molecule has 0 fully saturated rings. The van der Waals surface area contributed by atoms with Gasteiger partial charge in [-0.1, -0.05) is 0 Å². The smallest absolute Gasteiger partial charge is 0.224 e. The number of hydrogen-bond acceptors (Lipinski definition) is 3. The highest BCUT2D eigenvalue weighted by Gasteiger charge is 2.18. The lowest BCUT2D eigenvalue weighted by Crippen LogP contribution is -2.11. The Bertz CT molecular complexity index is 222. The van der Waals surface area contributed by atoms with Crippen LogP contribution in [0.25, 0.3) is 0 Å². The van der Waals surface area contributed by atoms with E-state index in [1.54, 1.807) is 0 Å². The molecular formula is C8H9Cl3O3. The average molecular weight is 260 g/mol. The first-order chi connectivity index (χ1) is 6.43. The van der Waals surface area contributed by atoms with Crippen molar-refractivity contribution >= 4 is 50.5 Å². The summed E-state index contributed by atoms with van der Waals surface area (Å²) in [6.45, 7) is 0. The number of halogens is 3. The number of carbonyl (C=O) groups excluding carboxylic acids is 3. The lowest BCUT2D eigenvalue weighted by atomic mass is 10.00. The quantitative estimate of drug-likeness (QED) is 0.660. The van der Waals surface area contributed by atoms with Crippen molar-refractivity contribution < 1.29 is 14.4 Å². The van der Waals surface area contributed by atoms with Crippen LogP contribution in [-0.2, 0) is 14.4 Å². The molecule has 0 N–H and O–H groups in total. The highest BCUT2D eigenvalue weighted by Crippen LogP contribution is 2.18. The molecule has 0 aromatic carbocycles. The van der Waals surface area contributed by atoms with Crippen molar-refractivity contribution in [3.05, 3.63) is 0 Å². The molecule has 14 heavy (non-hydrogen) atoms. The van der Waals surface area contributed by atoms with Gasteiger partial charge in [0, 0.05) is 18.8 Å². The Morgan fingerprint density at radius 1 is 0.857 bits per heavy atom. The molecule has 0 aliphatic heterocycles. The first kappa shape index (κ1) is 13.9. The second kappa shape index (κ2) is 7.21. The van der Waals surface area contributed by atoms with Gasteiger partial charge in [-0.15, -0.1) is 0 Å². The maximum absolute atomic E-state index is 10.8. The second-order valence-electron chi connectivity index (χ2n) is 2.79. The molecule has 6 heteroatoms. The van der Waals surface area contributed by atoms with E-state index in [9.17, 15) is 14.4 Å². The van der Waals surface area contributed by atoms with Crippen molar-refractivity contribution in [2.45, 2.75) is 25.7 Å². The van der Waals surface area contributed by atoms with Crippen molar-refractivity contribution in [2.24, 2.45) is 5.92 Å². The van der Waals surface area contributed by atoms with E-state index < -0.39 is 21.6 Å². The molecule has 0 amide bonds. The van der Waals surface area contributed by atoms with Gasteiger partial charge in [0.15, 0.2) is 0 Å². The first-order valence-corrected chi connectivity index (χ1v) is 5.13. The van der Waals surface area contributed by atoms with Crippen LogP contribution < -0.4 is 0 Å². The van der Waals surface area contributed by atoms with Crippen molar-refractivity contribution in [3.63, 3.8) is 0 Å². The van der Waals surface area contributed by atoms with E-state index in [0.717, 1.165) is 0 Å². The largest absolute Gasteiger partial charge is 0.281 e. The zero-order chi connectivity index (χ0) is 11.1. The summed E-state index contributed by atoms with van der Waals surface area (Å²) in [4.78, 5) is 31.7. The van der Waals surface area contributed by atoms with Crippen LogP contribution in [0.4, 0.5) is 0 Å². The Kier molecular flexibility index (Phi) is 7.15. The zero-order valence-corrected chi connectivity index (χ0v) is 9.53. The van der Waals surface area contributed by atoms with Crippen LogP contribution in [0.2, 0.25) is 0 Å². The van der Waals surface area contributed by atoms with Crippen LogP contribution in [-0.4, -0.2) is 15.7 Å². The molecule has 0 saturated heterocycles. The molecule has 0 unspecified atom stereocenters. The van der Waals surface area contributed by atoms with Crippen LogP contribution >= 0.6 is 34.8 Å².